The van der Waals surface area contributed by atoms with Gasteiger partial charge in [0.15, 0.2) is 5.82 Å². The van der Waals surface area contributed by atoms with E-state index in [9.17, 15) is 5.26 Å². The van der Waals surface area contributed by atoms with Gasteiger partial charge in [-0.15, -0.1) is 0 Å². The van der Waals surface area contributed by atoms with Gasteiger partial charge in [0.25, 0.3) is 0 Å². The van der Waals surface area contributed by atoms with Gasteiger partial charge >= 0.3 is 0 Å². The molecule has 5 nitrogen and oxygen atoms in total. The van der Waals surface area contributed by atoms with Crippen LogP contribution in [0.5, 0.6) is 0 Å². The SMILES string of the molecule is Cc1ccc2c3ccccc3n(-c3ccc(C#N)c(-c4nc(C)nc(C)n4)c3)c2c1. The van der Waals surface area contributed by atoms with Gasteiger partial charge in [0.2, 0.25) is 0 Å². The fourth-order valence-corrected chi connectivity index (χ4v) is 4.05. The van der Waals surface area contributed by atoms with Gasteiger partial charge in [-0.25, -0.2) is 15.0 Å². The van der Waals surface area contributed by atoms with E-state index in [0.29, 0.717) is 28.6 Å². The number of aromatic nitrogens is 4. The molecule has 0 aliphatic carbocycles. The highest BCUT2D eigenvalue weighted by atomic mass is 15.0. The van der Waals surface area contributed by atoms with Gasteiger partial charge in [-0.1, -0.05) is 30.3 Å². The minimum Gasteiger partial charge on any atom is -0.309 e. The zero-order valence-electron chi connectivity index (χ0n) is 17.0. The average Bonchev–Trinajstić information content (AvgIpc) is 3.06. The van der Waals surface area contributed by atoms with Crippen LogP contribution in [0.4, 0.5) is 0 Å². The van der Waals surface area contributed by atoms with E-state index >= 15 is 0 Å². The van der Waals surface area contributed by atoms with Crippen molar-refractivity contribution in [3.05, 3.63) is 83.4 Å². The summed E-state index contributed by atoms with van der Waals surface area (Å²) in [6, 6.07) is 23.0. The van der Waals surface area contributed by atoms with E-state index in [-0.39, 0.29) is 0 Å². The van der Waals surface area contributed by atoms with Crippen LogP contribution in [0.15, 0.2) is 60.7 Å². The normalized spacial score (nSPS) is 11.1. The minimum atomic E-state index is 0.523. The van der Waals surface area contributed by atoms with Gasteiger partial charge < -0.3 is 4.57 Å². The second-order valence-electron chi connectivity index (χ2n) is 7.47. The Hall–Kier alpha value is -4.04. The van der Waals surface area contributed by atoms with Crippen LogP contribution in [-0.2, 0) is 0 Å². The number of benzene rings is 3. The molecule has 0 aliphatic heterocycles. The first-order chi connectivity index (χ1) is 14.5. The average molecular weight is 389 g/mol. The van der Waals surface area contributed by atoms with Crippen molar-refractivity contribution in [1.82, 2.24) is 19.5 Å². The molecular weight excluding hydrogens is 370 g/mol. The van der Waals surface area contributed by atoms with Crippen LogP contribution in [0.3, 0.4) is 0 Å². The summed E-state index contributed by atoms with van der Waals surface area (Å²) < 4.78 is 2.24. The van der Waals surface area contributed by atoms with Crippen molar-refractivity contribution in [2.45, 2.75) is 20.8 Å². The first kappa shape index (κ1) is 18.0. The lowest BCUT2D eigenvalue weighted by molar-refractivity contribution is 0.927. The van der Waals surface area contributed by atoms with E-state index in [1.54, 1.807) is 0 Å². The number of hydrogen-bond donors (Lipinski definition) is 0. The Bertz CT molecular complexity index is 1470. The molecule has 0 bridgehead atoms. The van der Waals surface area contributed by atoms with Crippen LogP contribution in [0.2, 0.25) is 0 Å². The number of hydrogen-bond acceptors (Lipinski definition) is 4. The van der Waals surface area contributed by atoms with E-state index in [4.69, 9.17) is 0 Å². The van der Waals surface area contributed by atoms with E-state index in [2.05, 4.69) is 68.9 Å². The third-order valence-electron chi connectivity index (χ3n) is 5.31. The summed E-state index contributed by atoms with van der Waals surface area (Å²) in [6.07, 6.45) is 0. The van der Waals surface area contributed by atoms with Crippen LogP contribution in [0, 0.1) is 32.1 Å². The highest BCUT2D eigenvalue weighted by Crippen LogP contribution is 2.34. The molecule has 2 aromatic heterocycles. The van der Waals surface area contributed by atoms with Gasteiger partial charge in [0, 0.05) is 22.0 Å². The molecule has 5 heteroatoms. The predicted molar refractivity (Wildman–Crippen MR) is 119 cm³/mol. The lowest BCUT2D eigenvalue weighted by Gasteiger charge is -2.11. The third kappa shape index (κ3) is 2.82. The molecule has 0 spiro atoms. The Kier molecular flexibility index (Phi) is 4.07. The van der Waals surface area contributed by atoms with Crippen molar-refractivity contribution in [3.63, 3.8) is 0 Å². The van der Waals surface area contributed by atoms with Crippen LogP contribution < -0.4 is 0 Å². The summed E-state index contributed by atoms with van der Waals surface area (Å²) >= 11 is 0. The molecular formula is C25H19N5. The minimum absolute atomic E-state index is 0.523. The van der Waals surface area contributed by atoms with Crippen molar-refractivity contribution >= 4 is 21.8 Å². The Morgan fingerprint density at radius 1 is 0.767 bits per heavy atom. The number of rotatable bonds is 2. The van der Waals surface area contributed by atoms with Gasteiger partial charge in [-0.2, -0.15) is 5.26 Å². The molecule has 0 saturated heterocycles. The number of fused-ring (bicyclic) bond motifs is 3. The van der Waals surface area contributed by atoms with Crippen molar-refractivity contribution < 1.29 is 0 Å². The van der Waals surface area contributed by atoms with Crippen LogP contribution >= 0.6 is 0 Å². The molecule has 0 amide bonds. The molecule has 0 atom stereocenters. The Morgan fingerprint density at radius 3 is 2.27 bits per heavy atom. The van der Waals surface area contributed by atoms with Crippen LogP contribution in [0.1, 0.15) is 22.8 Å². The van der Waals surface area contributed by atoms with Crippen molar-refractivity contribution in [2.75, 3.05) is 0 Å². The van der Waals surface area contributed by atoms with E-state index in [1.807, 2.05) is 38.1 Å². The number of nitriles is 1. The maximum absolute atomic E-state index is 9.69. The van der Waals surface area contributed by atoms with E-state index < -0.39 is 0 Å². The van der Waals surface area contributed by atoms with Crippen molar-refractivity contribution in [1.29, 1.82) is 5.26 Å². The first-order valence-electron chi connectivity index (χ1n) is 9.79. The lowest BCUT2D eigenvalue weighted by Crippen LogP contribution is -2.02. The highest BCUT2D eigenvalue weighted by molar-refractivity contribution is 6.09. The molecule has 0 N–H and O–H groups in total. The Morgan fingerprint density at radius 2 is 1.50 bits per heavy atom. The fraction of sp³-hybridized carbons (Fsp3) is 0.120. The molecule has 5 rings (SSSR count). The second kappa shape index (κ2) is 6.78. The largest absolute Gasteiger partial charge is 0.309 e. The molecule has 5 aromatic rings. The monoisotopic (exact) mass is 389 g/mol. The van der Waals surface area contributed by atoms with E-state index in [1.165, 1.54) is 16.3 Å². The van der Waals surface area contributed by atoms with Gasteiger partial charge in [0.05, 0.1) is 22.7 Å². The van der Waals surface area contributed by atoms with Crippen LogP contribution in [-0.4, -0.2) is 19.5 Å². The molecule has 0 fully saturated rings. The summed E-state index contributed by atoms with van der Waals surface area (Å²) in [7, 11) is 0. The van der Waals surface area contributed by atoms with Crippen molar-refractivity contribution in [2.24, 2.45) is 0 Å². The maximum Gasteiger partial charge on any atom is 0.164 e. The summed E-state index contributed by atoms with van der Waals surface area (Å²) in [4.78, 5) is 13.3. The quantitative estimate of drug-likeness (QED) is 0.404. The molecule has 0 aliphatic rings. The molecule has 144 valence electrons. The van der Waals surface area contributed by atoms with Gasteiger partial charge in [0.1, 0.15) is 11.6 Å². The molecule has 0 unspecified atom stereocenters. The summed E-state index contributed by atoms with van der Waals surface area (Å²) in [6.45, 7) is 5.77. The standard InChI is InChI=1S/C25H19N5/c1-15-8-11-21-20-6-4-5-7-23(20)30(24(21)12-15)19-10-9-18(14-26)22(13-19)25-28-16(2)27-17(3)29-25/h4-13H,1-3H3. The Balaban J connectivity index is 1.85. The van der Waals surface area contributed by atoms with Gasteiger partial charge in [-0.05, 0) is 56.7 Å². The zero-order chi connectivity index (χ0) is 20.8. The fourth-order valence-electron chi connectivity index (χ4n) is 4.05. The summed E-state index contributed by atoms with van der Waals surface area (Å²) in [5.41, 5.74) is 5.68. The predicted octanol–water partition coefficient (Wildman–Crippen LogP) is 5.43. The molecule has 30 heavy (non-hydrogen) atoms. The Labute approximate surface area is 174 Å². The number of nitrogens with zero attached hydrogens (tertiary/aromatic N) is 5. The first-order valence-corrected chi connectivity index (χ1v) is 9.79. The topological polar surface area (TPSA) is 67.4 Å². The van der Waals surface area contributed by atoms with Crippen LogP contribution in [0.25, 0.3) is 38.9 Å². The second-order valence-corrected chi connectivity index (χ2v) is 7.47. The molecule has 2 heterocycles. The third-order valence-corrected chi connectivity index (χ3v) is 5.31. The molecule has 3 aromatic carbocycles. The smallest absolute Gasteiger partial charge is 0.164 e. The highest BCUT2D eigenvalue weighted by Gasteiger charge is 2.16. The zero-order valence-corrected chi connectivity index (χ0v) is 17.0. The number of aryl methyl sites for hydroxylation is 3. The number of para-hydroxylation sites is 1. The lowest BCUT2D eigenvalue weighted by atomic mass is 10.1. The van der Waals surface area contributed by atoms with Crippen molar-refractivity contribution in [3.8, 4) is 23.1 Å². The van der Waals surface area contributed by atoms with E-state index in [0.717, 1.165) is 16.7 Å². The summed E-state index contributed by atoms with van der Waals surface area (Å²) in [5.74, 6) is 1.80. The maximum atomic E-state index is 9.69. The molecule has 0 saturated carbocycles. The van der Waals surface area contributed by atoms with Gasteiger partial charge in [-0.3, -0.25) is 0 Å². The summed E-state index contributed by atoms with van der Waals surface area (Å²) in [5, 5.41) is 12.1. The molecule has 0 radical (unpaired) electrons.